The van der Waals surface area contributed by atoms with Crippen molar-refractivity contribution >= 4 is 17.6 Å². The fourth-order valence-corrected chi connectivity index (χ4v) is 1.98. The molecule has 0 heterocycles. The summed E-state index contributed by atoms with van der Waals surface area (Å²) in [5.74, 6) is -0.422. The second-order valence-corrected chi connectivity index (χ2v) is 4.27. The molecule has 1 unspecified atom stereocenters. The predicted molar refractivity (Wildman–Crippen MR) is 65.7 cm³/mol. The Morgan fingerprint density at radius 3 is 2.71 bits per heavy atom. The Bertz CT molecular complexity index is 453. The Kier molecular flexibility index (Phi) is 4.53. The maximum atomic E-state index is 12.0. The number of carbonyl (C=O) groups is 1. The summed E-state index contributed by atoms with van der Waals surface area (Å²) in [5, 5.41) is 9.34. The molecule has 1 aromatic carbocycles. The summed E-state index contributed by atoms with van der Waals surface area (Å²) in [6, 6.07) is 9.03. The van der Waals surface area contributed by atoms with Crippen LogP contribution in [-0.4, -0.2) is 12.6 Å². The Hall–Kier alpha value is -1.53. The average Bonchev–Trinajstić information content (AvgIpc) is 2.30. The third-order valence-corrected chi connectivity index (χ3v) is 2.96. The molecule has 0 saturated carbocycles. The molecule has 0 fully saturated rings. The third kappa shape index (κ3) is 2.78. The van der Waals surface area contributed by atoms with Gasteiger partial charge in [0.25, 0.3) is 0 Å². The lowest BCUT2D eigenvalue weighted by atomic mass is 9.80. The summed E-state index contributed by atoms with van der Waals surface area (Å²) in [4.78, 5) is 12.0. The maximum absolute atomic E-state index is 12.0. The van der Waals surface area contributed by atoms with E-state index in [0.717, 1.165) is 0 Å². The number of hydrogen-bond acceptors (Lipinski definition) is 3. The Morgan fingerprint density at radius 1 is 1.53 bits per heavy atom. The van der Waals surface area contributed by atoms with Crippen LogP contribution >= 0.6 is 11.6 Å². The van der Waals surface area contributed by atoms with Gasteiger partial charge in [-0.3, -0.25) is 4.79 Å². The lowest BCUT2D eigenvalue weighted by Gasteiger charge is -2.25. The molecule has 0 spiro atoms. The van der Waals surface area contributed by atoms with Crippen molar-refractivity contribution in [2.24, 2.45) is 0 Å². The Labute approximate surface area is 106 Å². The van der Waals surface area contributed by atoms with Crippen LogP contribution in [0.5, 0.6) is 0 Å². The monoisotopic (exact) mass is 251 g/mol. The molecule has 1 rings (SSSR count). The van der Waals surface area contributed by atoms with E-state index < -0.39 is 11.4 Å². The zero-order valence-corrected chi connectivity index (χ0v) is 10.6. The number of nitriles is 1. The van der Waals surface area contributed by atoms with Crippen molar-refractivity contribution in [3.8, 4) is 6.07 Å². The SMILES string of the molecule is CCOC(=O)C(C)(CC#N)c1ccccc1Cl. The molecular weight excluding hydrogens is 238 g/mol. The second-order valence-electron chi connectivity index (χ2n) is 3.87. The van der Waals surface area contributed by atoms with E-state index in [2.05, 4.69) is 0 Å². The first-order valence-corrected chi connectivity index (χ1v) is 5.73. The van der Waals surface area contributed by atoms with E-state index in [0.29, 0.717) is 10.6 Å². The summed E-state index contributed by atoms with van der Waals surface area (Å²) in [5.41, 5.74) is -0.384. The average molecular weight is 252 g/mol. The fraction of sp³-hybridized carbons (Fsp3) is 0.385. The molecule has 1 atom stereocenters. The maximum Gasteiger partial charge on any atom is 0.317 e. The van der Waals surface area contributed by atoms with Gasteiger partial charge in [0.1, 0.15) is 5.41 Å². The van der Waals surface area contributed by atoms with Crippen LogP contribution in [0.3, 0.4) is 0 Å². The summed E-state index contributed by atoms with van der Waals surface area (Å²) in [7, 11) is 0. The van der Waals surface area contributed by atoms with Crippen molar-refractivity contribution in [3.05, 3.63) is 34.9 Å². The predicted octanol–water partition coefficient (Wildman–Crippen LogP) is 3.07. The van der Waals surface area contributed by atoms with Crippen LogP contribution in [0.25, 0.3) is 0 Å². The van der Waals surface area contributed by atoms with E-state index in [1.165, 1.54) is 0 Å². The van der Waals surface area contributed by atoms with Gasteiger partial charge in [0.15, 0.2) is 0 Å². The molecule has 0 aromatic heterocycles. The molecule has 0 radical (unpaired) electrons. The van der Waals surface area contributed by atoms with E-state index in [1.807, 2.05) is 6.07 Å². The highest BCUT2D eigenvalue weighted by atomic mass is 35.5. The standard InChI is InChI=1S/C13H14ClNO2/c1-3-17-12(16)13(2,8-9-15)10-6-4-5-7-11(10)14/h4-7H,3,8H2,1-2H3. The number of esters is 1. The molecule has 0 aliphatic rings. The molecular formula is C13H14ClNO2. The van der Waals surface area contributed by atoms with Crippen molar-refractivity contribution < 1.29 is 9.53 Å². The Balaban J connectivity index is 3.21. The summed E-state index contributed by atoms with van der Waals surface area (Å²) in [6.07, 6.45) is 0.0373. The van der Waals surface area contributed by atoms with Crippen molar-refractivity contribution in [1.82, 2.24) is 0 Å². The number of rotatable bonds is 4. The van der Waals surface area contributed by atoms with Crippen molar-refractivity contribution in [2.75, 3.05) is 6.61 Å². The first kappa shape index (κ1) is 13.5. The molecule has 3 nitrogen and oxygen atoms in total. The first-order chi connectivity index (χ1) is 8.06. The van der Waals surface area contributed by atoms with Crippen LogP contribution in [0, 0.1) is 11.3 Å². The molecule has 0 amide bonds. The summed E-state index contributed by atoms with van der Waals surface area (Å²) in [6.45, 7) is 3.69. The zero-order valence-electron chi connectivity index (χ0n) is 9.87. The molecule has 0 N–H and O–H groups in total. The number of halogens is 1. The third-order valence-electron chi connectivity index (χ3n) is 2.63. The number of benzene rings is 1. The lowest BCUT2D eigenvalue weighted by Crippen LogP contribution is -2.34. The van der Waals surface area contributed by atoms with Gasteiger partial charge in [0, 0.05) is 5.02 Å². The largest absolute Gasteiger partial charge is 0.465 e. The smallest absolute Gasteiger partial charge is 0.317 e. The van der Waals surface area contributed by atoms with Gasteiger partial charge >= 0.3 is 5.97 Å². The number of ether oxygens (including phenoxy) is 1. The summed E-state index contributed by atoms with van der Waals surface area (Å²) < 4.78 is 5.02. The minimum Gasteiger partial charge on any atom is -0.465 e. The van der Waals surface area contributed by atoms with Gasteiger partial charge in [-0.2, -0.15) is 5.26 Å². The van der Waals surface area contributed by atoms with Crippen LogP contribution in [0.15, 0.2) is 24.3 Å². The van der Waals surface area contributed by atoms with Gasteiger partial charge in [-0.15, -0.1) is 0 Å². The van der Waals surface area contributed by atoms with Gasteiger partial charge < -0.3 is 4.74 Å². The van der Waals surface area contributed by atoms with Gasteiger partial charge in [-0.1, -0.05) is 29.8 Å². The zero-order chi connectivity index (χ0) is 12.9. The normalized spacial score (nSPS) is 13.5. The van der Waals surface area contributed by atoms with Crippen LogP contribution < -0.4 is 0 Å². The van der Waals surface area contributed by atoms with Gasteiger partial charge in [0.05, 0.1) is 19.1 Å². The van der Waals surface area contributed by atoms with Crippen LogP contribution in [0.2, 0.25) is 5.02 Å². The summed E-state index contributed by atoms with van der Waals surface area (Å²) >= 11 is 6.07. The molecule has 90 valence electrons. The van der Waals surface area contributed by atoms with E-state index in [-0.39, 0.29) is 13.0 Å². The van der Waals surface area contributed by atoms with Crippen molar-refractivity contribution in [1.29, 1.82) is 5.26 Å². The van der Waals surface area contributed by atoms with Crippen molar-refractivity contribution in [3.63, 3.8) is 0 Å². The minimum absolute atomic E-state index is 0.0373. The van der Waals surface area contributed by atoms with Crippen LogP contribution in [0.1, 0.15) is 25.8 Å². The number of nitrogens with zero attached hydrogens (tertiary/aromatic N) is 1. The Morgan fingerprint density at radius 2 is 2.18 bits per heavy atom. The van der Waals surface area contributed by atoms with Gasteiger partial charge in [-0.05, 0) is 25.5 Å². The van der Waals surface area contributed by atoms with Crippen LogP contribution in [0.4, 0.5) is 0 Å². The minimum atomic E-state index is -1.01. The van der Waals surface area contributed by atoms with E-state index >= 15 is 0 Å². The van der Waals surface area contributed by atoms with Gasteiger partial charge in [-0.25, -0.2) is 0 Å². The quantitative estimate of drug-likeness (QED) is 0.773. The topological polar surface area (TPSA) is 50.1 Å². The highest BCUT2D eigenvalue weighted by Crippen LogP contribution is 2.33. The molecule has 4 heteroatoms. The molecule has 0 bridgehead atoms. The molecule has 0 aliphatic heterocycles. The second kappa shape index (κ2) is 5.70. The highest BCUT2D eigenvalue weighted by Gasteiger charge is 2.38. The number of carbonyl (C=O) groups excluding carboxylic acids is 1. The van der Waals surface area contributed by atoms with E-state index in [9.17, 15) is 4.79 Å². The molecule has 1 aromatic rings. The van der Waals surface area contributed by atoms with Crippen molar-refractivity contribution in [2.45, 2.75) is 25.7 Å². The van der Waals surface area contributed by atoms with Crippen LogP contribution in [-0.2, 0) is 14.9 Å². The van der Waals surface area contributed by atoms with E-state index in [1.54, 1.807) is 38.1 Å². The fourth-order valence-electron chi connectivity index (χ4n) is 1.63. The molecule has 17 heavy (non-hydrogen) atoms. The lowest BCUT2D eigenvalue weighted by molar-refractivity contribution is -0.149. The van der Waals surface area contributed by atoms with Gasteiger partial charge in [0.2, 0.25) is 0 Å². The molecule has 0 saturated heterocycles. The van der Waals surface area contributed by atoms with E-state index in [4.69, 9.17) is 21.6 Å². The molecule has 0 aliphatic carbocycles. The first-order valence-electron chi connectivity index (χ1n) is 5.35. The number of hydrogen-bond donors (Lipinski definition) is 0. The highest BCUT2D eigenvalue weighted by molar-refractivity contribution is 6.31.